The molecule has 0 bridgehead atoms. The van der Waals surface area contributed by atoms with E-state index in [1.54, 1.807) is 0 Å². The van der Waals surface area contributed by atoms with Crippen LogP contribution >= 0.6 is 0 Å². The minimum absolute atomic E-state index is 0.0493. The van der Waals surface area contributed by atoms with E-state index in [1.165, 1.54) is 45.7 Å². The molecule has 0 radical (unpaired) electrons. The number of amides is 1. The average molecular weight is 437 g/mol. The maximum Gasteiger partial charge on any atom is 0.351 e. The van der Waals surface area contributed by atoms with E-state index < -0.39 is 42.7 Å². The number of carbonyl (C=O) groups excluding carboxylic acids is 1. The third-order valence-electron chi connectivity index (χ3n) is 4.79. The molecule has 0 saturated carbocycles. The van der Waals surface area contributed by atoms with E-state index in [9.17, 15) is 24.9 Å². The zero-order valence-electron chi connectivity index (χ0n) is 17.0. The Labute approximate surface area is 176 Å². The highest BCUT2D eigenvalue weighted by Crippen LogP contribution is 2.38. The highest BCUT2D eigenvalue weighted by atomic mass is 16.6. The number of anilines is 1. The van der Waals surface area contributed by atoms with Crippen molar-refractivity contribution in [1.82, 2.24) is 9.55 Å². The van der Waals surface area contributed by atoms with Crippen LogP contribution in [-0.4, -0.2) is 77.0 Å². The number of aliphatic hydroxyl groups excluding tert-OH is 3. The molecule has 1 aliphatic heterocycles. The molecular weight excluding hydrogens is 414 g/mol. The Balaban J connectivity index is 1.82. The summed E-state index contributed by atoms with van der Waals surface area (Å²) >= 11 is 0. The summed E-state index contributed by atoms with van der Waals surface area (Å²) in [6.07, 6.45) is -3.81. The molecular formula is C19H23N3O9. The standard InChI is InChI=1S/C19H23N3O9/c1-28-10-6-9(7-11(29-2)16(10)30-3)17(26)20-13-4-5-22(19(27)21-13)18-15(25)14(24)12(8-23)31-18/h4-7,12,14-15,18,23-25H,8H2,1-3H3,(H,20,21,26,27)/t12-,14+,15-,18-/m1/s1. The molecule has 12 heteroatoms. The van der Waals surface area contributed by atoms with Crippen molar-refractivity contribution in [2.75, 3.05) is 33.3 Å². The summed E-state index contributed by atoms with van der Waals surface area (Å²) in [4.78, 5) is 28.8. The first-order valence-corrected chi connectivity index (χ1v) is 9.17. The van der Waals surface area contributed by atoms with Gasteiger partial charge in [0.05, 0.1) is 27.9 Å². The summed E-state index contributed by atoms with van der Waals surface area (Å²) in [5, 5.41) is 31.6. The lowest BCUT2D eigenvalue weighted by Crippen LogP contribution is -2.36. The molecule has 1 aromatic carbocycles. The highest BCUT2D eigenvalue weighted by Gasteiger charge is 2.43. The van der Waals surface area contributed by atoms with Gasteiger partial charge in [0.2, 0.25) is 5.75 Å². The van der Waals surface area contributed by atoms with Crippen molar-refractivity contribution in [3.05, 3.63) is 40.4 Å². The summed E-state index contributed by atoms with van der Waals surface area (Å²) in [5.41, 5.74) is -0.665. The number of benzene rings is 1. The molecule has 12 nitrogen and oxygen atoms in total. The average Bonchev–Trinajstić information content (AvgIpc) is 3.06. The smallest absolute Gasteiger partial charge is 0.351 e. The van der Waals surface area contributed by atoms with Crippen molar-refractivity contribution in [3.8, 4) is 17.2 Å². The normalized spacial score (nSPS) is 22.8. The largest absolute Gasteiger partial charge is 0.493 e. The molecule has 2 aromatic rings. The third kappa shape index (κ3) is 4.32. The first-order chi connectivity index (χ1) is 14.8. The van der Waals surface area contributed by atoms with Crippen LogP contribution in [0.15, 0.2) is 29.2 Å². The van der Waals surface area contributed by atoms with Gasteiger partial charge in [-0.25, -0.2) is 4.79 Å². The first kappa shape index (κ1) is 22.5. The van der Waals surface area contributed by atoms with Crippen LogP contribution in [0.3, 0.4) is 0 Å². The Morgan fingerprint density at radius 3 is 2.29 bits per heavy atom. The van der Waals surface area contributed by atoms with Crippen LogP contribution in [0, 0.1) is 0 Å². The number of aromatic nitrogens is 2. The van der Waals surface area contributed by atoms with Gasteiger partial charge in [-0.3, -0.25) is 9.36 Å². The third-order valence-corrected chi connectivity index (χ3v) is 4.79. The van der Waals surface area contributed by atoms with Crippen LogP contribution in [-0.2, 0) is 4.74 Å². The van der Waals surface area contributed by atoms with Gasteiger partial charge in [-0.1, -0.05) is 0 Å². The fourth-order valence-electron chi connectivity index (χ4n) is 3.19. The second kappa shape index (κ2) is 9.31. The molecule has 3 rings (SSSR count). The van der Waals surface area contributed by atoms with Crippen LogP contribution in [0.5, 0.6) is 17.2 Å². The predicted octanol–water partition coefficient (Wildman–Crippen LogP) is -0.867. The fourth-order valence-corrected chi connectivity index (χ4v) is 3.19. The predicted molar refractivity (Wildman–Crippen MR) is 106 cm³/mol. The van der Waals surface area contributed by atoms with Gasteiger partial charge in [-0.2, -0.15) is 4.98 Å². The molecule has 1 amide bonds. The number of hydrogen-bond donors (Lipinski definition) is 4. The fraction of sp³-hybridized carbons (Fsp3) is 0.421. The highest BCUT2D eigenvalue weighted by molar-refractivity contribution is 6.04. The lowest BCUT2D eigenvalue weighted by atomic mass is 10.1. The Morgan fingerprint density at radius 2 is 1.81 bits per heavy atom. The SMILES string of the molecule is COc1cc(C(=O)Nc2ccn([C@@H]3O[C@H](CO)[C@H](O)[C@H]3O)c(=O)n2)cc(OC)c1OC. The van der Waals surface area contributed by atoms with Gasteiger partial charge in [0.25, 0.3) is 5.91 Å². The Kier molecular flexibility index (Phi) is 6.75. The second-order valence-electron chi connectivity index (χ2n) is 6.60. The number of nitrogens with zero attached hydrogens (tertiary/aromatic N) is 2. The molecule has 1 fully saturated rings. The zero-order valence-corrected chi connectivity index (χ0v) is 17.0. The van der Waals surface area contributed by atoms with E-state index in [0.29, 0.717) is 5.75 Å². The van der Waals surface area contributed by atoms with E-state index >= 15 is 0 Å². The molecule has 1 aliphatic rings. The molecule has 1 saturated heterocycles. The van der Waals surface area contributed by atoms with E-state index in [4.69, 9.17) is 18.9 Å². The number of ether oxygens (including phenoxy) is 4. The van der Waals surface area contributed by atoms with Gasteiger partial charge in [-0.15, -0.1) is 0 Å². The summed E-state index contributed by atoms with van der Waals surface area (Å²) < 4.78 is 21.9. The van der Waals surface area contributed by atoms with Crippen LogP contribution in [0.25, 0.3) is 0 Å². The van der Waals surface area contributed by atoms with Crippen LogP contribution in [0.2, 0.25) is 0 Å². The number of methoxy groups -OCH3 is 3. The number of aliphatic hydroxyl groups is 3. The van der Waals surface area contributed by atoms with E-state index in [1.807, 2.05) is 0 Å². The molecule has 0 unspecified atom stereocenters. The van der Waals surface area contributed by atoms with Crippen molar-refractivity contribution in [2.24, 2.45) is 0 Å². The molecule has 168 valence electrons. The number of nitrogens with one attached hydrogen (secondary N) is 1. The van der Waals surface area contributed by atoms with Gasteiger partial charge in [0.1, 0.15) is 24.1 Å². The molecule has 0 aliphatic carbocycles. The Morgan fingerprint density at radius 1 is 1.16 bits per heavy atom. The topological polar surface area (TPSA) is 162 Å². The molecule has 1 aromatic heterocycles. The van der Waals surface area contributed by atoms with Gasteiger partial charge in [-0.05, 0) is 18.2 Å². The van der Waals surface area contributed by atoms with Crippen LogP contribution in [0.4, 0.5) is 5.82 Å². The molecule has 2 heterocycles. The summed E-state index contributed by atoms with van der Waals surface area (Å²) in [6.45, 7) is -0.528. The van der Waals surface area contributed by atoms with Crippen molar-refractivity contribution in [1.29, 1.82) is 0 Å². The van der Waals surface area contributed by atoms with Crippen molar-refractivity contribution in [2.45, 2.75) is 24.5 Å². The van der Waals surface area contributed by atoms with Crippen molar-refractivity contribution >= 4 is 11.7 Å². The van der Waals surface area contributed by atoms with Gasteiger partial charge in [0, 0.05) is 11.8 Å². The number of rotatable bonds is 7. The van der Waals surface area contributed by atoms with Crippen molar-refractivity contribution < 1.29 is 39.1 Å². The molecule has 4 atom stereocenters. The van der Waals surface area contributed by atoms with E-state index in [0.717, 1.165) is 4.57 Å². The minimum atomic E-state index is -1.43. The summed E-state index contributed by atoms with van der Waals surface area (Å²) in [6, 6.07) is 4.21. The minimum Gasteiger partial charge on any atom is -0.493 e. The van der Waals surface area contributed by atoms with Gasteiger partial charge >= 0.3 is 5.69 Å². The van der Waals surface area contributed by atoms with Gasteiger partial charge in [0.15, 0.2) is 17.7 Å². The molecule has 31 heavy (non-hydrogen) atoms. The van der Waals surface area contributed by atoms with Crippen molar-refractivity contribution in [3.63, 3.8) is 0 Å². The van der Waals surface area contributed by atoms with Crippen LogP contribution < -0.4 is 25.2 Å². The second-order valence-corrected chi connectivity index (χ2v) is 6.60. The Hall–Kier alpha value is -3.19. The first-order valence-electron chi connectivity index (χ1n) is 9.17. The quantitative estimate of drug-likeness (QED) is 0.428. The van der Waals surface area contributed by atoms with E-state index in [2.05, 4.69) is 10.3 Å². The van der Waals surface area contributed by atoms with E-state index in [-0.39, 0.29) is 22.9 Å². The lowest BCUT2D eigenvalue weighted by Gasteiger charge is -2.17. The monoisotopic (exact) mass is 437 g/mol. The Bertz CT molecular complexity index is 984. The summed E-state index contributed by atoms with van der Waals surface area (Å²) in [7, 11) is 4.27. The van der Waals surface area contributed by atoms with Gasteiger partial charge < -0.3 is 39.6 Å². The maximum atomic E-state index is 12.6. The maximum absolute atomic E-state index is 12.6. The summed E-state index contributed by atoms with van der Waals surface area (Å²) in [5.74, 6) is 0.240. The zero-order chi connectivity index (χ0) is 22.7. The number of carbonyl (C=O) groups is 1. The van der Waals surface area contributed by atoms with Crippen LogP contribution in [0.1, 0.15) is 16.6 Å². The lowest BCUT2D eigenvalue weighted by molar-refractivity contribution is -0.0549. The molecule has 4 N–H and O–H groups in total. The molecule has 0 spiro atoms. The number of hydrogen-bond acceptors (Lipinski definition) is 10.